The van der Waals surface area contributed by atoms with Gasteiger partial charge in [-0.1, -0.05) is 12.1 Å². The molecule has 1 aromatic carbocycles. The lowest BCUT2D eigenvalue weighted by Crippen LogP contribution is -2.16. The highest BCUT2D eigenvalue weighted by atomic mass is 16.5. The van der Waals surface area contributed by atoms with E-state index in [2.05, 4.69) is 9.97 Å². The quantitative estimate of drug-likeness (QED) is 0.828. The average Bonchev–Trinajstić information content (AvgIpc) is 2.38. The summed E-state index contributed by atoms with van der Waals surface area (Å²) in [5.41, 5.74) is 7.21. The van der Waals surface area contributed by atoms with Crippen LogP contribution < -0.4 is 16.0 Å². The number of hydrogen-bond donors (Lipinski definition) is 2. The van der Waals surface area contributed by atoms with Gasteiger partial charge in [0.25, 0.3) is 5.56 Å². The number of nitrogens with two attached hydrogens (primary N) is 1. The number of aromatic amines is 1. The number of aromatic nitrogens is 2. The van der Waals surface area contributed by atoms with Gasteiger partial charge in [-0.05, 0) is 31.2 Å². The summed E-state index contributed by atoms with van der Waals surface area (Å²) in [5, 5.41) is 0. The minimum absolute atomic E-state index is 0.144. The Bertz CT molecular complexity index is 623. The molecule has 3 N–H and O–H groups in total. The Morgan fingerprint density at radius 3 is 2.90 bits per heavy atom. The second-order valence-corrected chi connectivity index (χ2v) is 4.64. The summed E-state index contributed by atoms with van der Waals surface area (Å²) in [4.78, 5) is 18.6. The Morgan fingerprint density at radius 1 is 1.30 bits per heavy atom. The Kier molecular flexibility index (Phi) is 4.90. The Balaban J connectivity index is 1.95. The first kappa shape index (κ1) is 14.3. The van der Waals surface area contributed by atoms with Crippen LogP contribution in [0.15, 0.2) is 35.1 Å². The van der Waals surface area contributed by atoms with E-state index in [4.69, 9.17) is 10.5 Å². The molecule has 0 saturated heterocycles. The van der Waals surface area contributed by atoms with E-state index in [0.29, 0.717) is 31.8 Å². The standard InChI is InChI=1S/C15H19N3O2/c1-11-3-2-4-13(9-11)20-8-6-14-17-12(5-7-16)10-15(19)18-14/h2-4,9-10H,5-8,16H2,1H3,(H,17,18,19). The predicted molar refractivity (Wildman–Crippen MR) is 78.0 cm³/mol. The lowest BCUT2D eigenvalue weighted by Gasteiger charge is -2.07. The van der Waals surface area contributed by atoms with E-state index in [1.54, 1.807) is 0 Å². The first-order valence-electron chi connectivity index (χ1n) is 6.66. The van der Waals surface area contributed by atoms with Crippen LogP contribution in [0.1, 0.15) is 17.1 Å². The maximum absolute atomic E-state index is 11.5. The van der Waals surface area contributed by atoms with Crippen molar-refractivity contribution in [3.63, 3.8) is 0 Å². The topological polar surface area (TPSA) is 81.0 Å². The molecule has 5 heteroatoms. The van der Waals surface area contributed by atoms with Crippen molar-refractivity contribution in [2.24, 2.45) is 5.73 Å². The van der Waals surface area contributed by atoms with Gasteiger partial charge in [-0.25, -0.2) is 4.98 Å². The molecule has 0 fully saturated rings. The fourth-order valence-corrected chi connectivity index (χ4v) is 1.93. The first-order chi connectivity index (χ1) is 9.67. The van der Waals surface area contributed by atoms with Crippen molar-refractivity contribution in [2.45, 2.75) is 19.8 Å². The smallest absolute Gasteiger partial charge is 0.251 e. The van der Waals surface area contributed by atoms with Gasteiger partial charge >= 0.3 is 0 Å². The number of benzene rings is 1. The molecule has 0 atom stereocenters. The van der Waals surface area contributed by atoms with E-state index in [9.17, 15) is 4.79 Å². The van der Waals surface area contributed by atoms with E-state index in [1.165, 1.54) is 6.07 Å². The van der Waals surface area contributed by atoms with E-state index >= 15 is 0 Å². The number of aryl methyl sites for hydroxylation is 1. The van der Waals surface area contributed by atoms with Gasteiger partial charge in [-0.15, -0.1) is 0 Å². The van der Waals surface area contributed by atoms with Crippen molar-refractivity contribution in [3.8, 4) is 5.75 Å². The molecule has 0 saturated carbocycles. The minimum Gasteiger partial charge on any atom is -0.493 e. The lowest BCUT2D eigenvalue weighted by molar-refractivity contribution is 0.318. The fourth-order valence-electron chi connectivity index (χ4n) is 1.93. The van der Waals surface area contributed by atoms with E-state index in [0.717, 1.165) is 17.0 Å². The van der Waals surface area contributed by atoms with Gasteiger partial charge in [0.15, 0.2) is 0 Å². The molecule has 2 aromatic rings. The average molecular weight is 273 g/mol. The summed E-state index contributed by atoms with van der Waals surface area (Å²) < 4.78 is 5.64. The molecule has 106 valence electrons. The zero-order chi connectivity index (χ0) is 14.4. The summed E-state index contributed by atoms with van der Waals surface area (Å²) in [5.74, 6) is 1.46. The van der Waals surface area contributed by atoms with Crippen molar-refractivity contribution < 1.29 is 4.74 Å². The van der Waals surface area contributed by atoms with Gasteiger partial charge < -0.3 is 15.5 Å². The Labute approximate surface area is 117 Å². The fraction of sp³-hybridized carbons (Fsp3) is 0.333. The molecule has 0 amide bonds. The molecule has 0 aliphatic rings. The molecule has 0 bridgehead atoms. The Hall–Kier alpha value is -2.14. The zero-order valence-corrected chi connectivity index (χ0v) is 11.6. The van der Waals surface area contributed by atoms with Crippen LogP contribution in [-0.2, 0) is 12.8 Å². The summed E-state index contributed by atoms with van der Waals surface area (Å²) >= 11 is 0. The van der Waals surface area contributed by atoms with Crippen molar-refractivity contribution in [3.05, 3.63) is 57.8 Å². The SMILES string of the molecule is Cc1cccc(OCCc2nc(CCN)cc(=O)[nH]2)c1. The van der Waals surface area contributed by atoms with Gasteiger partial charge in [0.1, 0.15) is 11.6 Å². The molecule has 0 aliphatic heterocycles. The largest absolute Gasteiger partial charge is 0.493 e. The van der Waals surface area contributed by atoms with Gasteiger partial charge in [0.05, 0.1) is 6.61 Å². The van der Waals surface area contributed by atoms with Crippen LogP contribution in [0.3, 0.4) is 0 Å². The molecular formula is C15H19N3O2. The molecule has 0 radical (unpaired) electrons. The highest BCUT2D eigenvalue weighted by Gasteiger charge is 2.02. The third kappa shape index (κ3) is 4.20. The molecule has 0 spiro atoms. The third-order valence-electron chi connectivity index (χ3n) is 2.84. The molecular weight excluding hydrogens is 254 g/mol. The molecule has 1 aromatic heterocycles. The van der Waals surface area contributed by atoms with Gasteiger partial charge in [0, 0.05) is 24.6 Å². The molecule has 20 heavy (non-hydrogen) atoms. The van der Waals surface area contributed by atoms with E-state index in [1.807, 2.05) is 31.2 Å². The van der Waals surface area contributed by atoms with Crippen LogP contribution >= 0.6 is 0 Å². The van der Waals surface area contributed by atoms with Crippen LogP contribution in [0.5, 0.6) is 5.75 Å². The molecule has 0 unspecified atom stereocenters. The van der Waals surface area contributed by atoms with Crippen LogP contribution in [-0.4, -0.2) is 23.1 Å². The second kappa shape index (κ2) is 6.86. The van der Waals surface area contributed by atoms with Crippen LogP contribution in [0.2, 0.25) is 0 Å². The van der Waals surface area contributed by atoms with Crippen molar-refractivity contribution in [1.82, 2.24) is 9.97 Å². The number of rotatable bonds is 6. The molecule has 1 heterocycles. The number of ether oxygens (including phenoxy) is 1. The summed E-state index contributed by atoms with van der Waals surface area (Å²) in [6.07, 6.45) is 1.16. The van der Waals surface area contributed by atoms with Crippen LogP contribution in [0.4, 0.5) is 0 Å². The van der Waals surface area contributed by atoms with Gasteiger partial charge in [0.2, 0.25) is 0 Å². The number of H-pyrrole nitrogens is 1. The van der Waals surface area contributed by atoms with Crippen LogP contribution in [0, 0.1) is 6.92 Å². The van der Waals surface area contributed by atoms with E-state index < -0.39 is 0 Å². The van der Waals surface area contributed by atoms with Gasteiger partial charge in [-0.2, -0.15) is 0 Å². The molecule has 5 nitrogen and oxygen atoms in total. The number of hydrogen-bond acceptors (Lipinski definition) is 4. The highest BCUT2D eigenvalue weighted by molar-refractivity contribution is 5.27. The normalized spacial score (nSPS) is 10.5. The van der Waals surface area contributed by atoms with Crippen molar-refractivity contribution in [2.75, 3.05) is 13.2 Å². The summed E-state index contributed by atoms with van der Waals surface area (Å²) in [7, 11) is 0. The molecule has 2 rings (SSSR count). The first-order valence-corrected chi connectivity index (χ1v) is 6.66. The predicted octanol–water partition coefficient (Wildman–Crippen LogP) is 1.20. The maximum Gasteiger partial charge on any atom is 0.251 e. The molecule has 0 aliphatic carbocycles. The monoisotopic (exact) mass is 273 g/mol. The number of nitrogens with one attached hydrogen (secondary N) is 1. The van der Waals surface area contributed by atoms with Crippen molar-refractivity contribution >= 4 is 0 Å². The second-order valence-electron chi connectivity index (χ2n) is 4.64. The number of nitrogens with zero attached hydrogens (tertiary/aromatic N) is 1. The Morgan fingerprint density at radius 2 is 2.15 bits per heavy atom. The van der Waals surface area contributed by atoms with E-state index in [-0.39, 0.29) is 5.56 Å². The lowest BCUT2D eigenvalue weighted by atomic mass is 10.2. The van der Waals surface area contributed by atoms with Crippen molar-refractivity contribution in [1.29, 1.82) is 0 Å². The van der Waals surface area contributed by atoms with Crippen LogP contribution in [0.25, 0.3) is 0 Å². The van der Waals surface area contributed by atoms with Gasteiger partial charge in [-0.3, -0.25) is 4.79 Å². The minimum atomic E-state index is -0.144. The highest BCUT2D eigenvalue weighted by Crippen LogP contribution is 2.12. The summed E-state index contributed by atoms with van der Waals surface area (Å²) in [6, 6.07) is 9.33. The maximum atomic E-state index is 11.5. The summed E-state index contributed by atoms with van der Waals surface area (Å²) in [6.45, 7) is 2.97. The zero-order valence-electron chi connectivity index (χ0n) is 11.6. The third-order valence-corrected chi connectivity index (χ3v) is 2.84.